The predicted molar refractivity (Wildman–Crippen MR) is 43.4 cm³/mol. The van der Waals surface area contributed by atoms with Crippen molar-refractivity contribution in [3.05, 3.63) is 29.6 Å². The van der Waals surface area contributed by atoms with Gasteiger partial charge >= 0.3 is 12.8 Å². The molecule has 0 amide bonds. The van der Waals surface area contributed by atoms with Gasteiger partial charge in [0.05, 0.1) is 5.56 Å². The van der Waals surface area contributed by atoms with Gasteiger partial charge in [0.1, 0.15) is 11.6 Å². The van der Waals surface area contributed by atoms with Crippen molar-refractivity contribution in [3.63, 3.8) is 0 Å². The number of hydrogen-bond acceptors (Lipinski definition) is 2. The summed E-state index contributed by atoms with van der Waals surface area (Å²) in [6, 6.07) is 1.29. The summed E-state index contributed by atoms with van der Waals surface area (Å²) in [6.07, 6.45) is -8.46. The lowest BCUT2D eigenvalue weighted by molar-refractivity contribution is -0.274. The fourth-order valence-corrected chi connectivity index (χ4v) is 1.01. The molecule has 0 saturated heterocycles. The van der Waals surface area contributed by atoms with Gasteiger partial charge in [0.2, 0.25) is 5.78 Å². The number of carbonyl (C=O) groups is 1. The molecule has 0 radical (unpaired) electrons. The highest BCUT2D eigenvalue weighted by atomic mass is 19.4. The molecule has 94 valence electrons. The number of carbonyl (C=O) groups excluding carboxylic acids is 1. The third-order valence-corrected chi connectivity index (χ3v) is 1.64. The van der Waals surface area contributed by atoms with Crippen LogP contribution in [0.5, 0.6) is 5.75 Å². The quantitative estimate of drug-likeness (QED) is 0.614. The fourth-order valence-electron chi connectivity index (χ4n) is 1.01. The normalized spacial score (nSPS) is 11.7. The second-order valence-electron chi connectivity index (χ2n) is 2.85. The number of Topliss-reactive ketones (excluding diaryl/α,β-unsaturated/α-hetero) is 1. The van der Waals surface area contributed by atoms with Crippen LogP contribution in [0.2, 0.25) is 0 Å². The molecular weight excluding hydrogens is 254 g/mol. The Morgan fingerprint density at radius 1 is 1.24 bits per heavy atom. The van der Waals surface area contributed by atoms with Crippen molar-refractivity contribution in [2.45, 2.75) is 12.8 Å². The van der Waals surface area contributed by atoms with E-state index in [9.17, 15) is 31.1 Å². The number of benzene rings is 1. The van der Waals surface area contributed by atoms with E-state index in [1.54, 1.807) is 0 Å². The zero-order chi connectivity index (χ0) is 13.2. The molecule has 1 aromatic carbocycles. The van der Waals surface area contributed by atoms with E-state index >= 15 is 0 Å². The Morgan fingerprint density at radius 2 is 1.82 bits per heavy atom. The number of alkyl halides is 5. The molecule has 0 heterocycles. The van der Waals surface area contributed by atoms with Crippen molar-refractivity contribution in [1.82, 2.24) is 0 Å². The van der Waals surface area contributed by atoms with Crippen LogP contribution < -0.4 is 4.74 Å². The van der Waals surface area contributed by atoms with Gasteiger partial charge in [-0.1, -0.05) is 0 Å². The molecule has 0 saturated carbocycles. The van der Waals surface area contributed by atoms with E-state index in [2.05, 4.69) is 4.74 Å². The maximum atomic E-state index is 13.0. The molecule has 0 atom stereocenters. The van der Waals surface area contributed by atoms with E-state index in [0.29, 0.717) is 12.1 Å². The zero-order valence-corrected chi connectivity index (χ0v) is 7.89. The summed E-state index contributed by atoms with van der Waals surface area (Å²) in [5.74, 6) is -4.24. The second kappa shape index (κ2) is 4.64. The molecule has 1 aromatic rings. The lowest BCUT2D eigenvalue weighted by Gasteiger charge is -2.09. The summed E-state index contributed by atoms with van der Waals surface area (Å²) in [4.78, 5) is 10.7. The standard InChI is InChI=1S/C9H4F6O2/c10-6-3-4(17-9(13,14)15)1-2-5(6)7(16)8(11)12/h1-3,8H. The Bertz CT molecular complexity index is 426. The first-order chi connectivity index (χ1) is 7.70. The summed E-state index contributed by atoms with van der Waals surface area (Å²) in [5.41, 5.74) is -0.991. The van der Waals surface area contributed by atoms with Crippen molar-refractivity contribution in [2.24, 2.45) is 0 Å². The average Bonchev–Trinajstić information content (AvgIpc) is 2.14. The van der Waals surface area contributed by atoms with Gasteiger partial charge in [0.15, 0.2) is 0 Å². The van der Waals surface area contributed by atoms with Gasteiger partial charge < -0.3 is 4.74 Å². The molecule has 0 aromatic heterocycles. The maximum Gasteiger partial charge on any atom is 0.573 e. The Kier molecular flexibility index (Phi) is 3.64. The van der Waals surface area contributed by atoms with Crippen molar-refractivity contribution in [1.29, 1.82) is 0 Å². The van der Waals surface area contributed by atoms with E-state index in [-0.39, 0.29) is 6.07 Å². The van der Waals surface area contributed by atoms with Crippen molar-refractivity contribution < 1.29 is 35.9 Å². The minimum absolute atomic E-state index is 0.211. The van der Waals surface area contributed by atoms with E-state index in [0.717, 1.165) is 0 Å². The van der Waals surface area contributed by atoms with Crippen LogP contribution in [0.15, 0.2) is 18.2 Å². The van der Waals surface area contributed by atoms with E-state index in [1.807, 2.05) is 0 Å². The highest BCUT2D eigenvalue weighted by Gasteiger charge is 2.31. The summed E-state index contributed by atoms with van der Waals surface area (Å²) in [5, 5.41) is 0. The molecule has 0 aliphatic rings. The van der Waals surface area contributed by atoms with Crippen molar-refractivity contribution in [3.8, 4) is 5.75 Å². The summed E-state index contributed by atoms with van der Waals surface area (Å²) in [7, 11) is 0. The molecule has 0 N–H and O–H groups in total. The minimum atomic E-state index is -5.03. The third-order valence-electron chi connectivity index (χ3n) is 1.64. The molecule has 1 rings (SSSR count). The lowest BCUT2D eigenvalue weighted by atomic mass is 10.1. The van der Waals surface area contributed by atoms with E-state index in [4.69, 9.17) is 0 Å². The second-order valence-corrected chi connectivity index (χ2v) is 2.85. The smallest absolute Gasteiger partial charge is 0.406 e. The van der Waals surface area contributed by atoms with Gasteiger partial charge in [0.25, 0.3) is 0 Å². The summed E-state index contributed by atoms with van der Waals surface area (Å²) >= 11 is 0. The molecule has 0 spiro atoms. The zero-order valence-electron chi connectivity index (χ0n) is 7.89. The largest absolute Gasteiger partial charge is 0.573 e. The molecule has 17 heavy (non-hydrogen) atoms. The van der Waals surface area contributed by atoms with Crippen LogP contribution in [0.3, 0.4) is 0 Å². The number of rotatable bonds is 3. The van der Waals surface area contributed by atoms with Gasteiger partial charge in [-0.15, -0.1) is 13.2 Å². The number of halogens is 6. The van der Waals surface area contributed by atoms with Crippen LogP contribution in [0.1, 0.15) is 10.4 Å². The highest BCUT2D eigenvalue weighted by Crippen LogP contribution is 2.25. The molecule has 0 aliphatic carbocycles. The maximum absolute atomic E-state index is 13.0. The monoisotopic (exact) mass is 258 g/mol. The van der Waals surface area contributed by atoms with Crippen LogP contribution in [-0.2, 0) is 0 Å². The molecule has 0 aliphatic heterocycles. The Balaban J connectivity index is 2.98. The first-order valence-corrected chi connectivity index (χ1v) is 4.08. The number of hydrogen-bond donors (Lipinski definition) is 0. The first kappa shape index (κ1) is 13.3. The molecule has 0 fully saturated rings. The molecule has 8 heteroatoms. The topological polar surface area (TPSA) is 26.3 Å². The summed E-state index contributed by atoms with van der Waals surface area (Å²) in [6.45, 7) is 0. The number of ether oxygens (including phenoxy) is 1. The Labute approximate surface area is 90.8 Å². The van der Waals surface area contributed by atoms with Crippen LogP contribution in [0.25, 0.3) is 0 Å². The van der Waals surface area contributed by atoms with Gasteiger partial charge in [0, 0.05) is 6.07 Å². The lowest BCUT2D eigenvalue weighted by Crippen LogP contribution is -2.18. The van der Waals surface area contributed by atoms with Gasteiger partial charge in [-0.25, -0.2) is 13.2 Å². The minimum Gasteiger partial charge on any atom is -0.406 e. The van der Waals surface area contributed by atoms with Gasteiger partial charge in [-0.05, 0) is 12.1 Å². The first-order valence-electron chi connectivity index (χ1n) is 4.08. The van der Waals surface area contributed by atoms with Gasteiger partial charge in [-0.2, -0.15) is 0 Å². The Hall–Kier alpha value is -1.73. The molecule has 0 unspecified atom stereocenters. The van der Waals surface area contributed by atoms with E-state index in [1.165, 1.54) is 0 Å². The van der Waals surface area contributed by atoms with E-state index < -0.39 is 35.7 Å². The molecule has 0 bridgehead atoms. The number of ketones is 1. The summed E-state index contributed by atoms with van der Waals surface area (Å²) < 4.78 is 75.4. The highest BCUT2D eigenvalue weighted by molar-refractivity contribution is 5.98. The third kappa shape index (κ3) is 3.65. The van der Waals surface area contributed by atoms with Crippen molar-refractivity contribution in [2.75, 3.05) is 0 Å². The SMILES string of the molecule is O=C(c1ccc(OC(F)(F)F)cc1F)C(F)F. The van der Waals surface area contributed by atoms with Crippen LogP contribution in [0.4, 0.5) is 26.3 Å². The van der Waals surface area contributed by atoms with Crippen molar-refractivity contribution >= 4 is 5.78 Å². The Morgan fingerprint density at radius 3 is 2.24 bits per heavy atom. The molecular formula is C9H4F6O2. The van der Waals surface area contributed by atoms with Gasteiger partial charge in [-0.3, -0.25) is 4.79 Å². The molecule has 2 nitrogen and oxygen atoms in total. The predicted octanol–water partition coefficient (Wildman–Crippen LogP) is 3.17. The fraction of sp³-hybridized carbons (Fsp3) is 0.222. The van der Waals surface area contributed by atoms with Crippen LogP contribution >= 0.6 is 0 Å². The average molecular weight is 258 g/mol. The van der Waals surface area contributed by atoms with Crippen LogP contribution in [-0.4, -0.2) is 18.6 Å². The van der Waals surface area contributed by atoms with Crippen LogP contribution in [0, 0.1) is 5.82 Å².